The lowest BCUT2D eigenvalue weighted by molar-refractivity contribution is -0.693. The van der Waals surface area contributed by atoms with E-state index in [2.05, 4.69) is 12.2 Å². The molecule has 0 saturated heterocycles. The Balaban J connectivity index is 0.0000144. The molecule has 0 unspecified atom stereocenters. The van der Waals surface area contributed by atoms with Crippen LogP contribution in [0.25, 0.3) is 0 Å². The summed E-state index contributed by atoms with van der Waals surface area (Å²) in [6.07, 6.45) is 21.1. The van der Waals surface area contributed by atoms with Crippen molar-refractivity contribution in [3.8, 4) is 0 Å². The summed E-state index contributed by atoms with van der Waals surface area (Å²) in [6, 6.07) is 0. The second kappa shape index (κ2) is 28.1. The SMILES string of the molecule is CCCCCCCCCCCCCCCCCCOC[C@H](COC(=O)OCC[n+]1ccsc1)OC(=O)NC.[Br-]. The summed E-state index contributed by atoms with van der Waals surface area (Å²) in [5.74, 6) is 0. The van der Waals surface area contributed by atoms with Crippen LogP contribution < -0.4 is 26.9 Å². The average Bonchev–Trinajstić information content (AvgIpc) is 3.44. The van der Waals surface area contributed by atoms with Gasteiger partial charge in [0.25, 0.3) is 0 Å². The third-order valence-corrected chi connectivity index (χ3v) is 7.08. The van der Waals surface area contributed by atoms with Crippen LogP contribution in [0.1, 0.15) is 110 Å². The van der Waals surface area contributed by atoms with E-state index in [1.165, 1.54) is 96.9 Å². The van der Waals surface area contributed by atoms with Crippen LogP contribution in [-0.2, 0) is 25.5 Å². The largest absolute Gasteiger partial charge is 1.00 e. The Bertz CT molecular complexity index is 681. The van der Waals surface area contributed by atoms with Crippen molar-refractivity contribution in [2.75, 3.05) is 33.5 Å². The van der Waals surface area contributed by atoms with Crippen molar-refractivity contribution in [1.82, 2.24) is 5.32 Å². The zero-order valence-electron chi connectivity index (χ0n) is 24.3. The summed E-state index contributed by atoms with van der Waals surface area (Å²) in [7, 11) is 1.48. The van der Waals surface area contributed by atoms with Crippen LogP contribution in [0.5, 0.6) is 0 Å². The first-order chi connectivity index (χ1) is 18.7. The summed E-state index contributed by atoms with van der Waals surface area (Å²) >= 11 is 1.56. The Morgan fingerprint density at radius 3 is 1.87 bits per heavy atom. The number of hydrogen-bond donors (Lipinski definition) is 1. The maximum Gasteiger partial charge on any atom is 0.508 e. The van der Waals surface area contributed by atoms with Crippen molar-refractivity contribution in [1.29, 1.82) is 0 Å². The predicted octanol–water partition coefficient (Wildman–Crippen LogP) is 4.20. The van der Waals surface area contributed by atoms with Crippen molar-refractivity contribution >= 4 is 23.6 Å². The lowest BCUT2D eigenvalue weighted by Crippen LogP contribution is -3.00. The van der Waals surface area contributed by atoms with Crippen molar-refractivity contribution < 1.29 is 50.1 Å². The molecule has 39 heavy (non-hydrogen) atoms. The van der Waals surface area contributed by atoms with Gasteiger partial charge in [0.15, 0.2) is 25.5 Å². The van der Waals surface area contributed by atoms with Gasteiger partial charge in [-0.1, -0.05) is 115 Å². The third-order valence-electron chi connectivity index (χ3n) is 6.41. The number of carbonyl (C=O) groups is 2. The molecule has 0 aromatic carbocycles. The molecular formula is C29H53BrN2O6S. The fraction of sp³-hybridized carbons (Fsp3) is 0.828. The van der Waals surface area contributed by atoms with E-state index < -0.39 is 18.4 Å². The van der Waals surface area contributed by atoms with E-state index in [-0.39, 0.29) is 36.8 Å². The molecule has 1 N–H and O–H groups in total. The molecule has 0 spiro atoms. The van der Waals surface area contributed by atoms with Gasteiger partial charge in [-0.2, -0.15) is 4.57 Å². The van der Waals surface area contributed by atoms with Crippen molar-refractivity contribution in [2.45, 2.75) is 122 Å². The highest BCUT2D eigenvalue weighted by Gasteiger charge is 2.18. The van der Waals surface area contributed by atoms with Crippen molar-refractivity contribution in [2.24, 2.45) is 0 Å². The fourth-order valence-corrected chi connectivity index (χ4v) is 4.75. The molecular weight excluding hydrogens is 584 g/mol. The van der Waals surface area contributed by atoms with E-state index in [1.807, 2.05) is 21.7 Å². The van der Waals surface area contributed by atoms with Crippen LogP contribution in [0, 0.1) is 0 Å². The minimum atomic E-state index is -0.788. The Morgan fingerprint density at radius 2 is 1.36 bits per heavy atom. The highest BCUT2D eigenvalue weighted by atomic mass is 79.9. The van der Waals surface area contributed by atoms with Crippen LogP contribution in [0.3, 0.4) is 0 Å². The van der Waals surface area contributed by atoms with Gasteiger partial charge >= 0.3 is 12.2 Å². The summed E-state index contributed by atoms with van der Waals surface area (Å²) in [5.41, 5.74) is 1.93. The molecule has 0 bridgehead atoms. The summed E-state index contributed by atoms with van der Waals surface area (Å²) in [6.45, 7) is 3.68. The molecule has 228 valence electrons. The number of nitrogens with one attached hydrogen (secondary N) is 1. The van der Waals surface area contributed by atoms with Crippen molar-refractivity contribution in [3.63, 3.8) is 0 Å². The number of amides is 1. The fourth-order valence-electron chi connectivity index (χ4n) is 4.12. The number of alkyl carbamates (subject to hydrolysis) is 1. The molecule has 0 fully saturated rings. The van der Waals surface area contributed by atoms with Crippen LogP contribution in [0.15, 0.2) is 17.1 Å². The quantitative estimate of drug-likeness (QED) is 0.0984. The second-order valence-electron chi connectivity index (χ2n) is 9.83. The van der Waals surface area contributed by atoms with Gasteiger partial charge in [0.1, 0.15) is 6.61 Å². The topological polar surface area (TPSA) is 87.0 Å². The van der Waals surface area contributed by atoms with Crippen LogP contribution >= 0.6 is 11.3 Å². The van der Waals surface area contributed by atoms with Gasteiger partial charge in [0, 0.05) is 13.7 Å². The molecule has 0 aliphatic rings. The Labute approximate surface area is 251 Å². The zero-order valence-corrected chi connectivity index (χ0v) is 26.7. The highest BCUT2D eigenvalue weighted by molar-refractivity contribution is 7.07. The molecule has 0 aliphatic carbocycles. The number of ether oxygens (including phenoxy) is 4. The number of hydrogen-bond acceptors (Lipinski definition) is 7. The standard InChI is InChI=1S/C29H52N2O6S.BrH/c1-3-4-5-6-7-8-9-10-11-12-13-14-15-16-17-18-21-34-24-27(37-28(32)30-2)25-36-29(33)35-22-19-31-20-23-38-26-31;/h20,23,26-27H,3-19,21-22,24-25H2,1-2H3;1H/t27-;/m1./s1. The number of rotatable bonds is 25. The maximum absolute atomic E-state index is 11.8. The van der Waals surface area contributed by atoms with Crippen molar-refractivity contribution in [3.05, 3.63) is 17.1 Å². The number of unbranched alkanes of at least 4 members (excludes halogenated alkanes) is 15. The van der Waals surface area contributed by atoms with Gasteiger partial charge in [0.05, 0.1) is 12.0 Å². The van der Waals surface area contributed by atoms with Gasteiger partial charge in [-0.3, -0.25) is 0 Å². The number of nitrogens with zero attached hydrogens (tertiary/aromatic N) is 1. The molecule has 1 heterocycles. The molecule has 0 saturated carbocycles. The Kier molecular flexibility index (Phi) is 27.1. The molecule has 10 heteroatoms. The Morgan fingerprint density at radius 1 is 0.795 bits per heavy atom. The first-order valence-corrected chi connectivity index (χ1v) is 15.8. The molecule has 1 aromatic rings. The molecule has 8 nitrogen and oxygen atoms in total. The molecule has 0 aliphatic heterocycles. The zero-order chi connectivity index (χ0) is 27.5. The normalized spacial score (nSPS) is 11.4. The van der Waals surface area contributed by atoms with Gasteiger partial charge in [-0.25, -0.2) is 9.59 Å². The van der Waals surface area contributed by atoms with Crippen LogP contribution in [0.4, 0.5) is 9.59 Å². The van der Waals surface area contributed by atoms with Gasteiger partial charge in [0.2, 0.25) is 5.51 Å². The van der Waals surface area contributed by atoms with E-state index in [1.54, 1.807) is 11.3 Å². The van der Waals surface area contributed by atoms with E-state index >= 15 is 0 Å². The molecule has 1 aromatic heterocycles. The second-order valence-corrected chi connectivity index (χ2v) is 10.6. The van der Waals surface area contributed by atoms with E-state index in [4.69, 9.17) is 18.9 Å². The number of thiazole rings is 1. The van der Waals surface area contributed by atoms with E-state index in [9.17, 15) is 9.59 Å². The smallest absolute Gasteiger partial charge is 0.508 e. The first kappa shape index (κ1) is 37.6. The van der Waals surface area contributed by atoms with Crippen LogP contribution in [0.2, 0.25) is 0 Å². The van der Waals surface area contributed by atoms with E-state index in [0.29, 0.717) is 13.2 Å². The maximum atomic E-state index is 11.8. The summed E-state index contributed by atoms with van der Waals surface area (Å²) < 4.78 is 23.0. The predicted molar refractivity (Wildman–Crippen MR) is 152 cm³/mol. The minimum absolute atomic E-state index is 0. The summed E-state index contributed by atoms with van der Waals surface area (Å²) in [5, 5.41) is 4.35. The number of aromatic nitrogens is 1. The van der Waals surface area contributed by atoms with Gasteiger partial charge < -0.3 is 41.2 Å². The first-order valence-electron chi connectivity index (χ1n) is 14.8. The monoisotopic (exact) mass is 636 g/mol. The van der Waals surface area contributed by atoms with Gasteiger partial charge in [-0.05, 0) is 6.42 Å². The minimum Gasteiger partial charge on any atom is -1.00 e. The molecule has 1 atom stereocenters. The van der Waals surface area contributed by atoms with Crippen LogP contribution in [-0.4, -0.2) is 51.8 Å². The number of carbonyl (C=O) groups excluding carboxylic acids is 2. The number of halogens is 1. The summed E-state index contributed by atoms with van der Waals surface area (Å²) in [4.78, 5) is 23.4. The Hall–Kier alpha value is -1.39. The molecule has 1 amide bonds. The molecule has 1 rings (SSSR count). The average molecular weight is 638 g/mol. The lowest BCUT2D eigenvalue weighted by Gasteiger charge is -2.17. The lowest BCUT2D eigenvalue weighted by atomic mass is 10.0. The molecule has 0 radical (unpaired) electrons. The van der Waals surface area contributed by atoms with Gasteiger partial charge in [-0.15, -0.1) is 0 Å². The third kappa shape index (κ3) is 24.2. The highest BCUT2D eigenvalue weighted by Crippen LogP contribution is 2.13. The van der Waals surface area contributed by atoms with E-state index in [0.717, 1.165) is 12.8 Å².